The van der Waals surface area contributed by atoms with Crippen molar-refractivity contribution in [1.29, 1.82) is 0 Å². The Morgan fingerprint density at radius 3 is 1.94 bits per heavy atom. The average Bonchev–Trinajstić information content (AvgIpc) is 2.85. The third kappa shape index (κ3) is 4.99. The zero-order chi connectivity index (χ0) is 22.5. The van der Waals surface area contributed by atoms with E-state index in [1.807, 2.05) is 90.6 Å². The fourth-order valence-corrected chi connectivity index (χ4v) is 4.03. The minimum absolute atomic E-state index is 0.0524. The predicted molar refractivity (Wildman–Crippen MR) is 129 cm³/mol. The zero-order valence-corrected chi connectivity index (χ0v) is 18.6. The number of nitrogens with zero attached hydrogens (tertiary/aromatic N) is 2. The smallest absolute Gasteiger partial charge is 0.253 e. The summed E-state index contributed by atoms with van der Waals surface area (Å²) >= 11 is 0. The van der Waals surface area contributed by atoms with E-state index < -0.39 is 0 Å². The summed E-state index contributed by atoms with van der Waals surface area (Å²) in [6.45, 7) is 1.29. The van der Waals surface area contributed by atoms with E-state index in [1.54, 1.807) is 0 Å². The van der Waals surface area contributed by atoms with Gasteiger partial charge >= 0.3 is 0 Å². The Kier molecular flexibility index (Phi) is 6.55. The molecule has 2 amide bonds. The van der Waals surface area contributed by atoms with E-state index >= 15 is 0 Å². The van der Waals surface area contributed by atoms with E-state index in [4.69, 9.17) is 0 Å². The van der Waals surface area contributed by atoms with Gasteiger partial charge in [-0.25, -0.2) is 0 Å². The van der Waals surface area contributed by atoms with Gasteiger partial charge in [0.05, 0.1) is 0 Å². The molecule has 0 unspecified atom stereocenters. The topological polar surface area (TPSA) is 52.7 Å². The number of anilines is 1. The summed E-state index contributed by atoms with van der Waals surface area (Å²) in [5, 5.41) is 3.13. The van der Waals surface area contributed by atoms with Crippen molar-refractivity contribution >= 4 is 17.5 Å². The maximum atomic E-state index is 12.8. The van der Waals surface area contributed by atoms with Crippen LogP contribution in [0, 0.1) is 0 Å². The van der Waals surface area contributed by atoms with E-state index in [0.717, 1.165) is 29.7 Å². The molecule has 1 saturated heterocycles. The summed E-state index contributed by atoms with van der Waals surface area (Å²) in [6.07, 6.45) is 1.52. The molecule has 1 aliphatic heterocycles. The highest BCUT2D eigenvalue weighted by molar-refractivity contribution is 5.95. The molecule has 0 saturated carbocycles. The van der Waals surface area contributed by atoms with Gasteiger partial charge in [-0.3, -0.25) is 9.59 Å². The van der Waals surface area contributed by atoms with E-state index in [9.17, 15) is 9.59 Å². The van der Waals surface area contributed by atoms with Gasteiger partial charge in [-0.1, -0.05) is 42.5 Å². The second kappa shape index (κ2) is 9.69. The molecule has 1 heterocycles. The molecule has 5 heteroatoms. The number of benzene rings is 3. The molecule has 1 N–H and O–H groups in total. The van der Waals surface area contributed by atoms with Gasteiger partial charge in [0, 0.05) is 50.0 Å². The Balaban J connectivity index is 1.30. The van der Waals surface area contributed by atoms with Gasteiger partial charge in [0.25, 0.3) is 11.8 Å². The van der Waals surface area contributed by atoms with Crippen molar-refractivity contribution in [2.75, 3.05) is 32.1 Å². The largest absolute Gasteiger partial charge is 0.378 e. The Morgan fingerprint density at radius 2 is 1.34 bits per heavy atom. The molecular weight excluding hydrogens is 398 g/mol. The highest BCUT2D eigenvalue weighted by Crippen LogP contribution is 2.20. The first-order valence-corrected chi connectivity index (χ1v) is 11.0. The summed E-state index contributed by atoms with van der Waals surface area (Å²) < 4.78 is 0. The van der Waals surface area contributed by atoms with Crippen LogP contribution >= 0.6 is 0 Å². The van der Waals surface area contributed by atoms with Gasteiger partial charge in [0.15, 0.2) is 0 Å². The molecule has 3 aromatic rings. The third-order valence-corrected chi connectivity index (χ3v) is 6.00. The molecule has 4 rings (SSSR count). The summed E-state index contributed by atoms with van der Waals surface area (Å²) in [6, 6.07) is 25.6. The summed E-state index contributed by atoms with van der Waals surface area (Å²) in [5.74, 6) is -0.00903. The number of carbonyl (C=O) groups is 2. The van der Waals surface area contributed by atoms with Crippen molar-refractivity contribution in [2.24, 2.45) is 0 Å². The number of nitrogens with one attached hydrogen (secondary N) is 1. The molecule has 0 atom stereocenters. The number of likely N-dealkylation sites (tertiary alicyclic amines) is 1. The summed E-state index contributed by atoms with van der Waals surface area (Å²) in [4.78, 5) is 29.4. The minimum atomic E-state index is -0.0614. The Bertz CT molecular complexity index is 1050. The highest BCUT2D eigenvalue weighted by Gasteiger charge is 2.25. The molecule has 3 aromatic carbocycles. The van der Waals surface area contributed by atoms with Crippen molar-refractivity contribution in [2.45, 2.75) is 18.9 Å². The number of rotatable bonds is 5. The first-order chi connectivity index (χ1) is 15.5. The van der Waals surface area contributed by atoms with E-state index in [-0.39, 0.29) is 17.9 Å². The lowest BCUT2D eigenvalue weighted by atomic mass is 10.0. The molecule has 1 fully saturated rings. The average molecular weight is 428 g/mol. The standard InChI is InChI=1S/C27H29N3O2/c1-29(2)25-14-12-23(13-15-25)27(32)30-18-16-24(17-19-30)28-26(31)22-10-8-21(9-11-22)20-6-4-3-5-7-20/h3-15,24H,16-19H2,1-2H3,(H,28,31). The predicted octanol–water partition coefficient (Wildman–Crippen LogP) is 4.45. The minimum Gasteiger partial charge on any atom is -0.378 e. The SMILES string of the molecule is CN(C)c1ccc(C(=O)N2CCC(NC(=O)c3ccc(-c4ccccc4)cc3)CC2)cc1. The fraction of sp³-hybridized carbons (Fsp3) is 0.259. The maximum Gasteiger partial charge on any atom is 0.253 e. The quantitative estimate of drug-likeness (QED) is 0.654. The van der Waals surface area contributed by atoms with Crippen LogP contribution in [0.4, 0.5) is 5.69 Å². The lowest BCUT2D eigenvalue weighted by Crippen LogP contribution is -2.46. The molecule has 0 aromatic heterocycles. The Hall–Kier alpha value is -3.60. The number of piperidine rings is 1. The first kappa shape index (κ1) is 21.6. The van der Waals surface area contributed by atoms with Crippen LogP contribution in [0.3, 0.4) is 0 Å². The second-order valence-corrected chi connectivity index (χ2v) is 8.42. The molecule has 164 valence electrons. The molecule has 0 radical (unpaired) electrons. The lowest BCUT2D eigenvalue weighted by molar-refractivity contribution is 0.0698. The summed E-state index contributed by atoms with van der Waals surface area (Å²) in [7, 11) is 3.96. The number of carbonyl (C=O) groups excluding carboxylic acids is 2. The molecule has 1 aliphatic rings. The van der Waals surface area contributed by atoms with Crippen LogP contribution in [0.1, 0.15) is 33.6 Å². The lowest BCUT2D eigenvalue weighted by Gasteiger charge is -2.32. The Morgan fingerprint density at radius 1 is 0.781 bits per heavy atom. The van der Waals surface area contributed by atoms with Crippen LogP contribution in [0.2, 0.25) is 0 Å². The number of hydrogen-bond acceptors (Lipinski definition) is 3. The molecule has 5 nitrogen and oxygen atoms in total. The van der Waals surface area contributed by atoms with Crippen LogP contribution in [0.5, 0.6) is 0 Å². The van der Waals surface area contributed by atoms with Crippen molar-refractivity contribution in [1.82, 2.24) is 10.2 Å². The van der Waals surface area contributed by atoms with E-state index in [1.165, 1.54) is 0 Å². The fourth-order valence-electron chi connectivity index (χ4n) is 4.03. The molecular formula is C27H29N3O2. The molecule has 0 aliphatic carbocycles. The van der Waals surface area contributed by atoms with Gasteiger partial charge < -0.3 is 15.1 Å². The van der Waals surface area contributed by atoms with Crippen molar-refractivity contribution in [3.8, 4) is 11.1 Å². The normalized spacial score (nSPS) is 14.1. The van der Waals surface area contributed by atoms with Crippen molar-refractivity contribution < 1.29 is 9.59 Å². The molecule has 32 heavy (non-hydrogen) atoms. The van der Waals surface area contributed by atoms with Gasteiger partial charge in [-0.2, -0.15) is 0 Å². The number of hydrogen-bond donors (Lipinski definition) is 1. The third-order valence-electron chi connectivity index (χ3n) is 6.00. The molecule has 0 bridgehead atoms. The van der Waals surface area contributed by atoms with Gasteiger partial charge in [0.1, 0.15) is 0 Å². The van der Waals surface area contributed by atoms with E-state index in [0.29, 0.717) is 24.2 Å². The van der Waals surface area contributed by atoms with Gasteiger partial charge in [-0.05, 0) is 60.4 Å². The highest BCUT2D eigenvalue weighted by atomic mass is 16.2. The second-order valence-electron chi connectivity index (χ2n) is 8.42. The molecule has 0 spiro atoms. The van der Waals surface area contributed by atoms with Crippen molar-refractivity contribution in [3.05, 3.63) is 90.0 Å². The van der Waals surface area contributed by atoms with Gasteiger partial charge in [-0.15, -0.1) is 0 Å². The van der Waals surface area contributed by atoms with Gasteiger partial charge in [0.2, 0.25) is 0 Å². The van der Waals surface area contributed by atoms with Crippen LogP contribution in [0.25, 0.3) is 11.1 Å². The van der Waals surface area contributed by atoms with Crippen LogP contribution < -0.4 is 10.2 Å². The first-order valence-electron chi connectivity index (χ1n) is 11.0. The zero-order valence-electron chi connectivity index (χ0n) is 18.6. The van der Waals surface area contributed by atoms with Crippen LogP contribution in [-0.2, 0) is 0 Å². The van der Waals surface area contributed by atoms with Crippen LogP contribution in [0.15, 0.2) is 78.9 Å². The number of amides is 2. The summed E-state index contributed by atoms with van der Waals surface area (Å²) in [5.41, 5.74) is 4.65. The van der Waals surface area contributed by atoms with E-state index in [2.05, 4.69) is 17.4 Å². The van der Waals surface area contributed by atoms with Crippen LogP contribution in [-0.4, -0.2) is 49.9 Å². The monoisotopic (exact) mass is 427 g/mol. The van der Waals surface area contributed by atoms with Crippen molar-refractivity contribution in [3.63, 3.8) is 0 Å². The maximum absolute atomic E-state index is 12.8. The Labute approximate surface area is 189 Å².